The van der Waals surface area contributed by atoms with E-state index in [0.29, 0.717) is 30.6 Å². The molecule has 0 aliphatic carbocycles. The van der Waals surface area contributed by atoms with Crippen molar-refractivity contribution in [3.8, 4) is 11.5 Å². The highest BCUT2D eigenvalue weighted by atomic mass is 35.5. The number of rotatable bonds is 8. The Labute approximate surface area is 182 Å². The first-order chi connectivity index (χ1) is 14.5. The van der Waals surface area contributed by atoms with Gasteiger partial charge in [0.15, 0.2) is 0 Å². The summed E-state index contributed by atoms with van der Waals surface area (Å²) in [7, 11) is 0. The molecule has 0 unspecified atom stereocenters. The van der Waals surface area contributed by atoms with Crippen LogP contribution in [0.25, 0.3) is 10.8 Å². The van der Waals surface area contributed by atoms with Gasteiger partial charge in [-0.3, -0.25) is 10.1 Å². The highest BCUT2D eigenvalue weighted by Crippen LogP contribution is 2.34. The summed E-state index contributed by atoms with van der Waals surface area (Å²) >= 11 is 11.9. The van der Waals surface area contributed by atoms with Gasteiger partial charge in [0.2, 0.25) is 0 Å². The molecule has 30 heavy (non-hydrogen) atoms. The number of alkyl halides is 2. The molecule has 0 heterocycles. The third kappa shape index (κ3) is 5.11. The molecule has 0 aromatic heterocycles. The van der Waals surface area contributed by atoms with E-state index in [4.69, 9.17) is 32.7 Å². The Hall–Kier alpha value is -3.03. The van der Waals surface area contributed by atoms with E-state index in [1.54, 1.807) is 6.07 Å². The van der Waals surface area contributed by atoms with Gasteiger partial charge in [-0.25, -0.2) is 4.79 Å². The van der Waals surface area contributed by atoms with Crippen LogP contribution in [0, 0.1) is 10.1 Å². The summed E-state index contributed by atoms with van der Waals surface area (Å²) in [6.07, 6.45) is -0.944. The predicted molar refractivity (Wildman–Crippen MR) is 117 cm³/mol. The van der Waals surface area contributed by atoms with Crippen LogP contribution < -0.4 is 14.4 Å². The monoisotopic (exact) mass is 448 g/mol. The van der Waals surface area contributed by atoms with Crippen molar-refractivity contribution in [3.05, 3.63) is 70.8 Å². The van der Waals surface area contributed by atoms with Gasteiger partial charge < -0.3 is 14.4 Å². The number of anilines is 1. The lowest BCUT2D eigenvalue weighted by Gasteiger charge is -2.25. The number of hydrogen-bond acceptors (Lipinski definition) is 6. The molecule has 0 radical (unpaired) electrons. The Morgan fingerprint density at radius 3 is 2.13 bits per heavy atom. The van der Waals surface area contributed by atoms with Crippen LogP contribution in [0.1, 0.15) is 0 Å². The topological polar surface area (TPSA) is 81.9 Å². The predicted octanol–water partition coefficient (Wildman–Crippen LogP) is 5.61. The molecule has 0 spiro atoms. The van der Waals surface area contributed by atoms with E-state index in [1.165, 1.54) is 24.3 Å². The van der Waals surface area contributed by atoms with Crippen molar-refractivity contribution in [2.45, 2.75) is 0 Å². The summed E-state index contributed by atoms with van der Waals surface area (Å²) in [5.41, 5.74) is 0.832. The summed E-state index contributed by atoms with van der Waals surface area (Å²) in [5.74, 6) is 1.37. The summed E-state index contributed by atoms with van der Waals surface area (Å²) in [6, 6.07) is 16.2. The number of carbonyl (C=O) groups excluding carboxylic acids is 1. The number of hydrogen-bond donors (Lipinski definition) is 0. The first-order valence-electron chi connectivity index (χ1n) is 9.06. The molecule has 0 bridgehead atoms. The molecule has 0 fully saturated rings. The zero-order valence-corrected chi connectivity index (χ0v) is 17.3. The summed E-state index contributed by atoms with van der Waals surface area (Å²) in [6.45, 7) is 1.25. The zero-order chi connectivity index (χ0) is 21.5. The minimum Gasteiger partial charge on any atom is -0.395 e. The molecule has 0 aliphatic heterocycles. The summed E-state index contributed by atoms with van der Waals surface area (Å²) < 4.78 is 10.5. The normalized spacial score (nSPS) is 10.6. The fraction of sp³-hybridized carbons (Fsp3) is 0.190. The number of ether oxygens (including phenoxy) is 2. The van der Waals surface area contributed by atoms with Gasteiger partial charge in [0.25, 0.3) is 5.69 Å². The van der Waals surface area contributed by atoms with Gasteiger partial charge in [-0.05, 0) is 24.3 Å². The second-order valence-electron chi connectivity index (χ2n) is 6.20. The Bertz CT molecular complexity index is 1040. The van der Waals surface area contributed by atoms with Crippen molar-refractivity contribution in [1.29, 1.82) is 0 Å². The van der Waals surface area contributed by atoms with Crippen molar-refractivity contribution in [1.82, 2.24) is 0 Å². The van der Waals surface area contributed by atoms with Gasteiger partial charge in [0, 0.05) is 53.4 Å². The molecule has 0 N–H and O–H groups in total. The molecule has 156 valence electrons. The first-order valence-corrected chi connectivity index (χ1v) is 10.1. The molecule has 0 saturated heterocycles. The van der Waals surface area contributed by atoms with E-state index >= 15 is 0 Å². The van der Waals surface area contributed by atoms with Gasteiger partial charge >= 0.3 is 6.16 Å². The molecule has 7 nitrogen and oxygen atoms in total. The highest BCUT2D eigenvalue weighted by Gasteiger charge is 2.16. The van der Waals surface area contributed by atoms with Gasteiger partial charge in [0.05, 0.1) is 4.92 Å². The van der Waals surface area contributed by atoms with Crippen LogP contribution in [0.2, 0.25) is 0 Å². The number of non-ortho nitro benzene ring substituents is 1. The fourth-order valence-electron chi connectivity index (χ4n) is 3.02. The molecule has 3 aromatic rings. The van der Waals surface area contributed by atoms with Gasteiger partial charge in [-0.1, -0.05) is 24.3 Å². The third-order valence-corrected chi connectivity index (χ3v) is 4.69. The molecule has 0 aliphatic rings. The molecule has 0 saturated carbocycles. The maximum atomic E-state index is 12.2. The molecule has 0 atom stereocenters. The smallest absolute Gasteiger partial charge is 0.395 e. The Morgan fingerprint density at radius 1 is 0.900 bits per heavy atom. The standard InChI is InChI=1S/C21H18Cl2N2O5/c22-11-13-24(14-12-23)19-9-10-20(18-4-2-1-3-17(18)19)30-21(26)29-16-7-5-15(6-8-16)25(27)28/h1-10H,11-14H2. The number of nitro benzene ring substituents is 1. The van der Waals surface area contributed by atoms with E-state index in [0.717, 1.165) is 16.5 Å². The van der Waals surface area contributed by atoms with Crippen LogP contribution >= 0.6 is 23.2 Å². The van der Waals surface area contributed by atoms with Crippen LogP contribution in [0.3, 0.4) is 0 Å². The Balaban J connectivity index is 1.83. The average Bonchev–Trinajstić information content (AvgIpc) is 2.74. The molecule has 9 heteroatoms. The maximum Gasteiger partial charge on any atom is 0.519 e. The number of benzene rings is 3. The lowest BCUT2D eigenvalue weighted by Crippen LogP contribution is -2.27. The van der Waals surface area contributed by atoms with Crippen LogP contribution in [0.4, 0.5) is 16.2 Å². The number of nitrogens with zero attached hydrogens (tertiary/aromatic N) is 2. The van der Waals surface area contributed by atoms with E-state index in [-0.39, 0.29) is 11.4 Å². The van der Waals surface area contributed by atoms with Crippen LogP contribution in [-0.2, 0) is 0 Å². The van der Waals surface area contributed by atoms with Gasteiger partial charge in [-0.2, -0.15) is 0 Å². The lowest BCUT2D eigenvalue weighted by molar-refractivity contribution is -0.384. The van der Waals surface area contributed by atoms with E-state index in [9.17, 15) is 14.9 Å². The van der Waals surface area contributed by atoms with Crippen molar-refractivity contribution in [3.63, 3.8) is 0 Å². The minimum atomic E-state index is -0.944. The molecular formula is C21H18Cl2N2O5. The third-order valence-electron chi connectivity index (χ3n) is 4.35. The zero-order valence-electron chi connectivity index (χ0n) is 15.8. The summed E-state index contributed by atoms with van der Waals surface area (Å²) in [5, 5.41) is 12.3. The first kappa shape index (κ1) is 21.7. The molecular weight excluding hydrogens is 431 g/mol. The van der Waals surface area contributed by atoms with Gasteiger partial charge in [-0.15, -0.1) is 23.2 Å². The van der Waals surface area contributed by atoms with Crippen molar-refractivity contribution >= 4 is 51.5 Å². The average molecular weight is 449 g/mol. The SMILES string of the molecule is O=C(Oc1ccc([N+](=O)[O-])cc1)Oc1ccc(N(CCCl)CCCl)c2ccccc12. The number of nitro groups is 1. The maximum absolute atomic E-state index is 12.2. The Kier molecular flexibility index (Phi) is 7.32. The number of fused-ring (bicyclic) bond motifs is 1. The van der Waals surface area contributed by atoms with Crippen molar-refractivity contribution < 1.29 is 19.2 Å². The van der Waals surface area contributed by atoms with Crippen LogP contribution in [0.5, 0.6) is 11.5 Å². The summed E-state index contributed by atoms with van der Waals surface area (Å²) in [4.78, 5) is 24.5. The fourth-order valence-corrected chi connectivity index (χ4v) is 3.43. The van der Waals surface area contributed by atoms with Crippen LogP contribution in [-0.4, -0.2) is 35.9 Å². The minimum absolute atomic E-state index is 0.101. The van der Waals surface area contributed by atoms with Crippen molar-refractivity contribution in [2.24, 2.45) is 0 Å². The largest absolute Gasteiger partial charge is 0.519 e. The van der Waals surface area contributed by atoms with E-state index in [2.05, 4.69) is 4.90 Å². The molecule has 3 rings (SSSR count). The quantitative estimate of drug-likeness (QED) is 0.146. The van der Waals surface area contributed by atoms with E-state index < -0.39 is 11.1 Å². The highest BCUT2D eigenvalue weighted by molar-refractivity contribution is 6.18. The van der Waals surface area contributed by atoms with Crippen LogP contribution in [0.15, 0.2) is 60.7 Å². The Morgan fingerprint density at radius 2 is 1.53 bits per heavy atom. The second kappa shape index (κ2) is 10.1. The van der Waals surface area contributed by atoms with Crippen molar-refractivity contribution in [2.75, 3.05) is 29.7 Å². The van der Waals surface area contributed by atoms with Gasteiger partial charge in [0.1, 0.15) is 11.5 Å². The lowest BCUT2D eigenvalue weighted by atomic mass is 10.1. The second-order valence-corrected chi connectivity index (χ2v) is 6.95. The molecule has 3 aromatic carbocycles. The number of halogens is 2. The van der Waals surface area contributed by atoms with E-state index in [1.807, 2.05) is 30.3 Å². The molecule has 0 amide bonds. The number of carbonyl (C=O) groups is 1.